The molecule has 0 radical (unpaired) electrons. The molecule has 0 heterocycles. The van der Waals surface area contributed by atoms with Gasteiger partial charge in [-0.3, -0.25) is 4.79 Å². The van der Waals surface area contributed by atoms with E-state index in [0.717, 1.165) is 6.07 Å². The van der Waals surface area contributed by atoms with Crippen LogP contribution in [0, 0.1) is 11.6 Å². The van der Waals surface area contributed by atoms with Crippen molar-refractivity contribution in [3.05, 3.63) is 64.7 Å². The number of carbonyl (C=O) groups excluding carboxylic acids is 1. The zero-order valence-corrected chi connectivity index (χ0v) is 14.4. The standard InChI is InChI=1S/C18H19ClF2N2O2/c1-12(16-7-4-14(20)10-17(16)21)23-11-18(24)22-8-9-25-15-5-2-13(19)3-6-15/h2-7,10,12,23H,8-9,11H2,1H3,(H,22,24)/t12-/m1/s1. The van der Waals surface area contributed by atoms with Crippen LogP contribution in [0.4, 0.5) is 8.78 Å². The van der Waals surface area contributed by atoms with Crippen LogP contribution in [-0.4, -0.2) is 25.6 Å². The molecule has 0 aromatic heterocycles. The van der Waals surface area contributed by atoms with Crippen molar-refractivity contribution in [2.45, 2.75) is 13.0 Å². The molecule has 25 heavy (non-hydrogen) atoms. The highest BCUT2D eigenvalue weighted by molar-refractivity contribution is 6.30. The van der Waals surface area contributed by atoms with Crippen molar-refractivity contribution >= 4 is 17.5 Å². The van der Waals surface area contributed by atoms with Gasteiger partial charge in [0.15, 0.2) is 0 Å². The van der Waals surface area contributed by atoms with Gasteiger partial charge in [-0.15, -0.1) is 0 Å². The monoisotopic (exact) mass is 368 g/mol. The van der Waals surface area contributed by atoms with Crippen molar-refractivity contribution in [3.8, 4) is 5.75 Å². The number of nitrogens with one attached hydrogen (secondary N) is 2. The van der Waals surface area contributed by atoms with Crippen LogP contribution in [0.25, 0.3) is 0 Å². The van der Waals surface area contributed by atoms with Crippen molar-refractivity contribution in [3.63, 3.8) is 0 Å². The summed E-state index contributed by atoms with van der Waals surface area (Å²) >= 11 is 5.77. The molecule has 134 valence electrons. The van der Waals surface area contributed by atoms with Gasteiger partial charge in [-0.1, -0.05) is 17.7 Å². The van der Waals surface area contributed by atoms with Gasteiger partial charge in [0, 0.05) is 22.7 Å². The average Bonchev–Trinajstić information content (AvgIpc) is 2.58. The van der Waals surface area contributed by atoms with Gasteiger partial charge in [0.25, 0.3) is 0 Å². The fourth-order valence-electron chi connectivity index (χ4n) is 2.16. The predicted octanol–water partition coefficient (Wildman–Crippen LogP) is 3.46. The Bertz CT molecular complexity index is 711. The van der Waals surface area contributed by atoms with Gasteiger partial charge in [0.2, 0.25) is 5.91 Å². The molecule has 0 aliphatic carbocycles. The van der Waals surface area contributed by atoms with Gasteiger partial charge in [0.1, 0.15) is 24.0 Å². The molecule has 0 spiro atoms. The van der Waals surface area contributed by atoms with E-state index in [-0.39, 0.29) is 12.5 Å². The van der Waals surface area contributed by atoms with Gasteiger partial charge in [-0.05, 0) is 37.3 Å². The highest BCUT2D eigenvalue weighted by Crippen LogP contribution is 2.17. The third-order valence-electron chi connectivity index (χ3n) is 3.50. The summed E-state index contributed by atoms with van der Waals surface area (Å²) in [5.41, 5.74) is 0.306. The summed E-state index contributed by atoms with van der Waals surface area (Å²) in [5, 5.41) is 6.21. The Hall–Kier alpha value is -2.18. The summed E-state index contributed by atoms with van der Waals surface area (Å²) in [6.45, 7) is 2.37. The molecule has 7 heteroatoms. The third kappa shape index (κ3) is 6.32. The molecule has 0 bridgehead atoms. The molecule has 2 aromatic carbocycles. The van der Waals surface area contributed by atoms with Crippen molar-refractivity contribution in [1.29, 1.82) is 0 Å². The van der Waals surface area contributed by atoms with E-state index >= 15 is 0 Å². The lowest BCUT2D eigenvalue weighted by Crippen LogP contribution is -2.37. The lowest BCUT2D eigenvalue weighted by Gasteiger charge is -2.15. The number of hydrogen-bond acceptors (Lipinski definition) is 3. The molecular formula is C18H19ClF2N2O2. The maximum Gasteiger partial charge on any atom is 0.234 e. The van der Waals surface area contributed by atoms with E-state index in [0.29, 0.717) is 29.5 Å². The Kier molecular flexibility index (Phi) is 7.16. The normalized spacial score (nSPS) is 11.8. The minimum absolute atomic E-state index is 0.0128. The van der Waals surface area contributed by atoms with Crippen LogP contribution in [0.1, 0.15) is 18.5 Å². The first-order chi connectivity index (χ1) is 12.0. The Labute approximate surface area is 150 Å². The number of halogens is 3. The first kappa shape index (κ1) is 19.1. The topological polar surface area (TPSA) is 50.4 Å². The number of ether oxygens (including phenoxy) is 1. The second-order valence-corrected chi connectivity index (χ2v) is 5.86. The molecule has 0 aliphatic rings. The van der Waals surface area contributed by atoms with E-state index in [4.69, 9.17) is 16.3 Å². The predicted molar refractivity (Wildman–Crippen MR) is 92.7 cm³/mol. The maximum atomic E-state index is 13.7. The summed E-state index contributed by atoms with van der Waals surface area (Å²) < 4.78 is 32.0. The molecule has 2 rings (SSSR count). The van der Waals surface area contributed by atoms with Crippen LogP contribution in [0.3, 0.4) is 0 Å². The zero-order chi connectivity index (χ0) is 18.2. The van der Waals surface area contributed by atoms with Crippen LogP contribution in [-0.2, 0) is 4.79 Å². The number of carbonyl (C=O) groups is 1. The first-order valence-corrected chi connectivity index (χ1v) is 8.17. The molecule has 0 saturated heterocycles. The number of amides is 1. The largest absolute Gasteiger partial charge is 0.492 e. The zero-order valence-electron chi connectivity index (χ0n) is 13.7. The lowest BCUT2D eigenvalue weighted by atomic mass is 10.1. The second-order valence-electron chi connectivity index (χ2n) is 5.42. The van der Waals surface area contributed by atoms with E-state index in [1.54, 1.807) is 31.2 Å². The van der Waals surface area contributed by atoms with E-state index in [1.165, 1.54) is 12.1 Å². The van der Waals surface area contributed by atoms with Crippen molar-refractivity contribution < 1.29 is 18.3 Å². The Morgan fingerprint density at radius 1 is 1.20 bits per heavy atom. The first-order valence-electron chi connectivity index (χ1n) is 7.79. The smallest absolute Gasteiger partial charge is 0.234 e. The number of rotatable bonds is 8. The Morgan fingerprint density at radius 2 is 1.92 bits per heavy atom. The van der Waals surface area contributed by atoms with Gasteiger partial charge in [-0.25, -0.2) is 8.78 Å². The minimum atomic E-state index is -0.642. The van der Waals surface area contributed by atoms with Crippen LogP contribution in [0.2, 0.25) is 5.02 Å². The third-order valence-corrected chi connectivity index (χ3v) is 3.76. The van der Waals surface area contributed by atoms with Gasteiger partial charge < -0.3 is 15.4 Å². The summed E-state index contributed by atoms with van der Waals surface area (Å²) in [5.74, 6) is -0.852. The number of benzene rings is 2. The van der Waals surface area contributed by atoms with Gasteiger partial charge >= 0.3 is 0 Å². The Morgan fingerprint density at radius 3 is 2.60 bits per heavy atom. The lowest BCUT2D eigenvalue weighted by molar-refractivity contribution is -0.120. The highest BCUT2D eigenvalue weighted by Gasteiger charge is 2.12. The van der Waals surface area contributed by atoms with E-state index in [9.17, 15) is 13.6 Å². The summed E-state index contributed by atoms with van der Waals surface area (Å²) in [7, 11) is 0. The van der Waals surface area contributed by atoms with Crippen LogP contribution >= 0.6 is 11.6 Å². The summed E-state index contributed by atoms with van der Waals surface area (Å²) in [4.78, 5) is 11.8. The van der Waals surface area contributed by atoms with Crippen molar-refractivity contribution in [1.82, 2.24) is 10.6 Å². The molecule has 0 fully saturated rings. The Balaban J connectivity index is 1.67. The highest BCUT2D eigenvalue weighted by atomic mass is 35.5. The molecule has 2 aromatic rings. The van der Waals surface area contributed by atoms with Gasteiger partial charge in [-0.2, -0.15) is 0 Å². The summed E-state index contributed by atoms with van der Waals surface area (Å²) in [6.07, 6.45) is 0. The average molecular weight is 369 g/mol. The van der Waals surface area contributed by atoms with Gasteiger partial charge in [0.05, 0.1) is 13.1 Å². The minimum Gasteiger partial charge on any atom is -0.492 e. The molecular weight excluding hydrogens is 350 g/mol. The van der Waals surface area contributed by atoms with Crippen LogP contribution in [0.15, 0.2) is 42.5 Å². The van der Waals surface area contributed by atoms with Crippen molar-refractivity contribution in [2.75, 3.05) is 19.7 Å². The van der Waals surface area contributed by atoms with E-state index < -0.39 is 17.7 Å². The summed E-state index contributed by atoms with van der Waals surface area (Å²) in [6, 6.07) is 9.86. The molecule has 4 nitrogen and oxygen atoms in total. The second kappa shape index (κ2) is 9.34. The quantitative estimate of drug-likeness (QED) is 0.701. The molecule has 0 saturated carbocycles. The fourth-order valence-corrected chi connectivity index (χ4v) is 2.29. The van der Waals surface area contributed by atoms with E-state index in [1.807, 2.05) is 0 Å². The molecule has 1 atom stereocenters. The van der Waals surface area contributed by atoms with Crippen LogP contribution in [0.5, 0.6) is 5.75 Å². The maximum absolute atomic E-state index is 13.7. The fraction of sp³-hybridized carbons (Fsp3) is 0.278. The molecule has 1 amide bonds. The van der Waals surface area contributed by atoms with Crippen molar-refractivity contribution in [2.24, 2.45) is 0 Å². The molecule has 0 unspecified atom stereocenters. The number of hydrogen-bond donors (Lipinski definition) is 2. The molecule has 2 N–H and O–H groups in total. The van der Waals surface area contributed by atoms with E-state index in [2.05, 4.69) is 10.6 Å². The van der Waals surface area contributed by atoms with Crippen LogP contribution < -0.4 is 15.4 Å². The molecule has 0 aliphatic heterocycles. The SMILES string of the molecule is C[C@@H](NCC(=O)NCCOc1ccc(Cl)cc1)c1ccc(F)cc1F.